The molecule has 0 unspecified atom stereocenters. The summed E-state index contributed by atoms with van der Waals surface area (Å²) in [6.07, 6.45) is 0. The molecule has 36 heavy (non-hydrogen) atoms. The predicted octanol–water partition coefficient (Wildman–Crippen LogP) is 0.215. The maximum absolute atomic E-state index is 12.9. The third-order valence-electron chi connectivity index (χ3n) is 4.93. The SMILES string of the molecule is CC(=O)OCC1=C(C(=O)OCOC(=O)C(C)(C)C)N2C(=O)[C@@H](NC(=O)C(=O)c3csc(N)n3)[C@H]2SC1. The number of ether oxygens (including phenoxy) is 3. The van der Waals surface area contributed by atoms with Gasteiger partial charge in [0, 0.05) is 23.6 Å². The van der Waals surface area contributed by atoms with Crippen LogP contribution in [0.25, 0.3) is 0 Å². The van der Waals surface area contributed by atoms with Crippen LogP contribution < -0.4 is 11.1 Å². The molecule has 1 saturated heterocycles. The van der Waals surface area contributed by atoms with Crippen molar-refractivity contribution in [2.75, 3.05) is 24.9 Å². The lowest BCUT2D eigenvalue weighted by molar-refractivity contribution is -0.173. The predicted molar refractivity (Wildman–Crippen MR) is 126 cm³/mol. The first-order chi connectivity index (χ1) is 16.8. The fourth-order valence-corrected chi connectivity index (χ4v) is 4.98. The number of hydrogen-bond donors (Lipinski definition) is 2. The standard InChI is InChI=1S/C21H24N4O9S2/c1-9(26)32-5-10-6-35-17-12(24-15(28)14(27)11-7-36-20(22)23-11)16(29)25(17)13(10)18(30)33-8-34-19(31)21(2,3)4/h7,12,17H,5-6,8H2,1-4H3,(H2,22,23)(H,24,28)/t12-,17-/m1/s1. The first-order valence-corrected chi connectivity index (χ1v) is 12.4. The number of amides is 2. The van der Waals surface area contributed by atoms with E-state index in [0.717, 1.165) is 16.2 Å². The number of carbonyl (C=O) groups excluding carboxylic acids is 6. The fourth-order valence-electron chi connectivity index (χ4n) is 3.11. The number of hydrogen-bond acceptors (Lipinski definition) is 13. The summed E-state index contributed by atoms with van der Waals surface area (Å²) < 4.78 is 15.0. The number of Topliss-reactive ketones (excluding diaryl/α,β-unsaturated/α-hetero) is 1. The Morgan fingerprint density at radius 1 is 1.19 bits per heavy atom. The number of fused-ring (bicyclic) bond motifs is 1. The summed E-state index contributed by atoms with van der Waals surface area (Å²) in [5, 5.41) is 3.08. The molecule has 13 nitrogen and oxygen atoms in total. The van der Waals surface area contributed by atoms with Crippen molar-refractivity contribution in [3.8, 4) is 0 Å². The first-order valence-electron chi connectivity index (χ1n) is 10.5. The number of carbonyl (C=O) groups is 6. The van der Waals surface area contributed by atoms with E-state index in [1.54, 1.807) is 20.8 Å². The highest BCUT2D eigenvalue weighted by atomic mass is 32.2. The van der Waals surface area contributed by atoms with E-state index in [0.29, 0.717) is 5.57 Å². The monoisotopic (exact) mass is 540 g/mol. The minimum atomic E-state index is -1.10. The van der Waals surface area contributed by atoms with E-state index in [2.05, 4.69) is 10.3 Å². The number of rotatable bonds is 8. The van der Waals surface area contributed by atoms with Crippen LogP contribution in [0.5, 0.6) is 0 Å². The van der Waals surface area contributed by atoms with E-state index in [4.69, 9.17) is 19.9 Å². The van der Waals surface area contributed by atoms with Gasteiger partial charge >= 0.3 is 17.9 Å². The lowest BCUT2D eigenvalue weighted by Gasteiger charge is -2.49. The zero-order chi connectivity index (χ0) is 26.8. The Morgan fingerprint density at radius 3 is 2.47 bits per heavy atom. The van der Waals surface area contributed by atoms with Gasteiger partial charge in [0.2, 0.25) is 6.79 Å². The molecule has 1 fully saturated rings. The summed E-state index contributed by atoms with van der Waals surface area (Å²) in [6, 6.07) is -1.10. The van der Waals surface area contributed by atoms with E-state index in [1.165, 1.54) is 24.1 Å². The Balaban J connectivity index is 1.73. The van der Waals surface area contributed by atoms with E-state index in [-0.39, 0.29) is 28.9 Å². The van der Waals surface area contributed by atoms with Gasteiger partial charge in [-0.05, 0) is 20.8 Å². The van der Waals surface area contributed by atoms with Crippen LogP contribution in [0, 0.1) is 5.41 Å². The largest absolute Gasteiger partial charge is 0.461 e. The quantitative estimate of drug-likeness (QED) is 0.150. The molecular weight excluding hydrogens is 516 g/mol. The van der Waals surface area contributed by atoms with E-state index >= 15 is 0 Å². The second-order valence-corrected chi connectivity index (χ2v) is 10.7. The topological polar surface area (TPSA) is 184 Å². The van der Waals surface area contributed by atoms with Crippen molar-refractivity contribution in [1.82, 2.24) is 15.2 Å². The van der Waals surface area contributed by atoms with Crippen LogP contribution in [-0.2, 0) is 38.2 Å². The molecule has 2 aliphatic rings. The number of nitrogen functional groups attached to an aromatic ring is 1. The molecule has 3 heterocycles. The molecule has 2 atom stereocenters. The maximum atomic E-state index is 12.9. The summed E-state index contributed by atoms with van der Waals surface area (Å²) in [7, 11) is 0. The molecule has 0 saturated carbocycles. The van der Waals surface area contributed by atoms with Crippen molar-refractivity contribution in [2.45, 2.75) is 39.1 Å². The molecule has 194 valence electrons. The van der Waals surface area contributed by atoms with Gasteiger partial charge in [-0.1, -0.05) is 0 Å². The van der Waals surface area contributed by atoms with Gasteiger partial charge in [0.15, 0.2) is 5.13 Å². The summed E-state index contributed by atoms with van der Waals surface area (Å²) in [5.41, 5.74) is 4.64. The molecule has 0 aromatic carbocycles. The van der Waals surface area contributed by atoms with E-state index in [1.807, 2.05) is 0 Å². The maximum Gasteiger partial charge on any atom is 0.358 e. The van der Waals surface area contributed by atoms with Crippen LogP contribution >= 0.6 is 23.1 Å². The number of esters is 3. The van der Waals surface area contributed by atoms with Gasteiger partial charge in [-0.25, -0.2) is 9.78 Å². The number of nitrogens with two attached hydrogens (primary N) is 1. The van der Waals surface area contributed by atoms with Gasteiger partial charge in [-0.2, -0.15) is 0 Å². The third-order valence-corrected chi connectivity index (χ3v) is 6.94. The normalized spacial score (nSPS) is 19.1. The molecule has 3 N–H and O–H groups in total. The lowest BCUT2D eigenvalue weighted by atomic mass is 9.98. The molecule has 0 radical (unpaired) electrons. The van der Waals surface area contributed by atoms with Crippen LogP contribution in [0.2, 0.25) is 0 Å². The smallest absolute Gasteiger partial charge is 0.358 e. The van der Waals surface area contributed by atoms with Crippen LogP contribution in [-0.4, -0.2) is 76.0 Å². The van der Waals surface area contributed by atoms with Gasteiger partial charge in [-0.3, -0.25) is 28.9 Å². The molecule has 2 aliphatic heterocycles. The van der Waals surface area contributed by atoms with Crippen LogP contribution in [0.3, 0.4) is 0 Å². The molecule has 0 aliphatic carbocycles. The van der Waals surface area contributed by atoms with Crippen LogP contribution in [0.4, 0.5) is 5.13 Å². The Morgan fingerprint density at radius 2 is 1.89 bits per heavy atom. The third kappa shape index (κ3) is 5.84. The number of ketones is 1. The first kappa shape index (κ1) is 27.1. The van der Waals surface area contributed by atoms with Gasteiger partial charge in [0.1, 0.15) is 29.4 Å². The average Bonchev–Trinajstić information content (AvgIpc) is 3.24. The Hall–Kier alpha value is -3.46. The van der Waals surface area contributed by atoms with Crippen molar-refractivity contribution >= 4 is 63.7 Å². The highest BCUT2D eigenvalue weighted by molar-refractivity contribution is 8.00. The lowest BCUT2D eigenvalue weighted by Crippen LogP contribution is -2.71. The van der Waals surface area contributed by atoms with Gasteiger partial charge in [0.25, 0.3) is 17.6 Å². The molecule has 0 spiro atoms. The number of β-lactam (4-membered cyclic amide) rings is 1. The van der Waals surface area contributed by atoms with Gasteiger partial charge in [0.05, 0.1) is 5.41 Å². The minimum Gasteiger partial charge on any atom is -0.461 e. The van der Waals surface area contributed by atoms with Crippen molar-refractivity contribution in [3.63, 3.8) is 0 Å². The number of anilines is 1. The van der Waals surface area contributed by atoms with Crippen molar-refractivity contribution in [3.05, 3.63) is 22.3 Å². The minimum absolute atomic E-state index is 0.113. The Bertz CT molecular complexity index is 1150. The summed E-state index contributed by atoms with van der Waals surface area (Å²) >= 11 is 2.18. The number of thioether (sulfide) groups is 1. The fraction of sp³-hybridized carbons (Fsp3) is 0.476. The van der Waals surface area contributed by atoms with Crippen molar-refractivity contribution < 1.29 is 43.0 Å². The van der Waals surface area contributed by atoms with Crippen LogP contribution in [0.1, 0.15) is 38.2 Å². The van der Waals surface area contributed by atoms with Crippen molar-refractivity contribution in [1.29, 1.82) is 0 Å². The number of aromatic nitrogens is 1. The Labute approximate surface area is 213 Å². The highest BCUT2D eigenvalue weighted by Crippen LogP contribution is 2.40. The molecule has 15 heteroatoms. The summed E-state index contributed by atoms with van der Waals surface area (Å²) in [4.78, 5) is 78.5. The molecule has 0 bridgehead atoms. The number of nitrogens with zero attached hydrogens (tertiary/aromatic N) is 2. The molecule has 1 aromatic rings. The molecule has 1 aromatic heterocycles. The second kappa shape index (κ2) is 10.7. The summed E-state index contributed by atoms with van der Waals surface area (Å²) in [5.74, 6) is -4.69. The van der Waals surface area contributed by atoms with Crippen LogP contribution in [0.15, 0.2) is 16.7 Å². The van der Waals surface area contributed by atoms with E-state index < -0.39 is 59.1 Å². The number of nitrogens with one attached hydrogen (secondary N) is 1. The second-order valence-electron chi connectivity index (χ2n) is 8.72. The molecule has 3 rings (SSSR count). The Kier molecular flexibility index (Phi) is 8.03. The number of thiazole rings is 1. The summed E-state index contributed by atoms with van der Waals surface area (Å²) in [6.45, 7) is 5.11. The van der Waals surface area contributed by atoms with Gasteiger partial charge in [-0.15, -0.1) is 23.1 Å². The zero-order valence-corrected chi connectivity index (χ0v) is 21.4. The molecular formula is C21H24N4O9S2. The average molecular weight is 541 g/mol. The van der Waals surface area contributed by atoms with E-state index in [9.17, 15) is 28.8 Å². The van der Waals surface area contributed by atoms with Gasteiger partial charge < -0.3 is 25.3 Å². The van der Waals surface area contributed by atoms with Crippen molar-refractivity contribution in [2.24, 2.45) is 5.41 Å². The highest BCUT2D eigenvalue weighted by Gasteiger charge is 2.55. The molecule has 2 amide bonds. The zero-order valence-electron chi connectivity index (χ0n) is 19.8.